The minimum Gasteiger partial charge on any atom is -0.294 e. The Hall–Kier alpha value is -2.47. The Morgan fingerprint density at radius 2 is 1.78 bits per heavy atom. The number of aromatic nitrogens is 1. The number of benzene rings is 2. The van der Waals surface area contributed by atoms with Crippen LogP contribution in [0.3, 0.4) is 0 Å². The largest absolute Gasteiger partial charge is 0.294 e. The normalized spacial score (nSPS) is 20.1. The summed E-state index contributed by atoms with van der Waals surface area (Å²) in [5, 5.41) is 1.16. The van der Waals surface area contributed by atoms with E-state index in [0.29, 0.717) is 37.8 Å². The number of fused-ring (bicyclic) bond motifs is 1. The van der Waals surface area contributed by atoms with Crippen molar-refractivity contribution in [3.63, 3.8) is 0 Å². The fraction of sp³-hybridized carbons (Fsp3) is 0.240. The minimum absolute atomic E-state index is 0.0249. The zero-order valence-electron chi connectivity index (χ0n) is 17.6. The van der Waals surface area contributed by atoms with Crippen LogP contribution in [0.4, 0.5) is 0 Å². The first-order valence-corrected chi connectivity index (χ1v) is 11.9. The molecule has 4 nitrogen and oxygen atoms in total. The Morgan fingerprint density at radius 1 is 1.06 bits per heavy atom. The van der Waals surface area contributed by atoms with Gasteiger partial charge in [-0.05, 0) is 47.2 Å². The van der Waals surface area contributed by atoms with Gasteiger partial charge in [0.25, 0.3) is 5.56 Å². The van der Waals surface area contributed by atoms with Crippen molar-refractivity contribution < 1.29 is 4.79 Å². The number of thiazole rings is 1. The Morgan fingerprint density at radius 3 is 2.50 bits per heavy atom. The van der Waals surface area contributed by atoms with Crippen LogP contribution in [0.1, 0.15) is 43.9 Å². The lowest BCUT2D eigenvalue weighted by molar-refractivity contribution is -0.118. The molecule has 1 aromatic heterocycles. The summed E-state index contributed by atoms with van der Waals surface area (Å²) in [6, 6.07) is 14.1. The molecular formula is C25H20Cl2N2O2S. The predicted molar refractivity (Wildman–Crippen MR) is 129 cm³/mol. The van der Waals surface area contributed by atoms with Crippen molar-refractivity contribution in [3.8, 4) is 0 Å². The van der Waals surface area contributed by atoms with Gasteiger partial charge in [-0.15, -0.1) is 0 Å². The number of Topliss-reactive ketones (excluding diaryl/α,β-unsaturated/α-hetero) is 1. The lowest BCUT2D eigenvalue weighted by Gasteiger charge is -2.35. The van der Waals surface area contributed by atoms with E-state index >= 15 is 0 Å². The Kier molecular flexibility index (Phi) is 5.24. The molecule has 1 aliphatic carbocycles. The van der Waals surface area contributed by atoms with Gasteiger partial charge in [0.1, 0.15) is 0 Å². The molecule has 0 saturated heterocycles. The third kappa shape index (κ3) is 3.68. The molecule has 2 aromatic carbocycles. The second-order valence-corrected chi connectivity index (χ2v) is 10.8. The number of allylic oxidation sites excluding steroid dienone is 2. The highest BCUT2D eigenvalue weighted by Crippen LogP contribution is 2.44. The van der Waals surface area contributed by atoms with Crippen LogP contribution in [0.5, 0.6) is 0 Å². The van der Waals surface area contributed by atoms with Crippen LogP contribution in [0.15, 0.2) is 69.6 Å². The summed E-state index contributed by atoms with van der Waals surface area (Å²) in [6.07, 6.45) is 2.93. The van der Waals surface area contributed by atoms with Crippen molar-refractivity contribution in [1.82, 2.24) is 4.57 Å². The number of hydrogen-bond donors (Lipinski definition) is 0. The number of hydrogen-bond acceptors (Lipinski definition) is 4. The first-order valence-electron chi connectivity index (χ1n) is 10.3. The average molecular weight is 483 g/mol. The van der Waals surface area contributed by atoms with E-state index in [1.807, 2.05) is 36.4 Å². The number of carbonyl (C=O) groups is 1. The quantitative estimate of drug-likeness (QED) is 0.520. The smallest absolute Gasteiger partial charge is 0.271 e. The average Bonchev–Trinajstić information content (AvgIpc) is 3.03. The van der Waals surface area contributed by atoms with Crippen molar-refractivity contribution in [3.05, 3.63) is 101 Å². The van der Waals surface area contributed by atoms with E-state index in [4.69, 9.17) is 28.2 Å². The topological polar surface area (TPSA) is 51.4 Å². The molecule has 1 aliphatic heterocycles. The van der Waals surface area contributed by atoms with E-state index in [-0.39, 0.29) is 16.8 Å². The highest BCUT2D eigenvalue weighted by molar-refractivity contribution is 7.07. The van der Waals surface area contributed by atoms with Crippen LogP contribution < -0.4 is 14.9 Å². The Balaban J connectivity index is 1.79. The number of carbonyl (C=O) groups excluding carboxylic acids is 1. The van der Waals surface area contributed by atoms with Gasteiger partial charge in [-0.25, -0.2) is 4.99 Å². The van der Waals surface area contributed by atoms with E-state index in [0.717, 1.165) is 16.8 Å². The van der Waals surface area contributed by atoms with Gasteiger partial charge in [-0.2, -0.15) is 0 Å². The van der Waals surface area contributed by atoms with Gasteiger partial charge in [0.15, 0.2) is 10.6 Å². The van der Waals surface area contributed by atoms with Crippen LogP contribution in [-0.4, -0.2) is 10.4 Å². The zero-order chi connectivity index (χ0) is 22.6. The van der Waals surface area contributed by atoms with Crippen LogP contribution in [0.25, 0.3) is 6.08 Å². The van der Waals surface area contributed by atoms with Crippen molar-refractivity contribution in [2.75, 3.05) is 0 Å². The standard InChI is InChI=1S/C25H20Cl2N2O2S/c1-25(2)12-18-21(19(30)13-25)22(16-5-3-4-6-17(16)27)29-23(31)20(32-24(29)28-18)11-14-7-9-15(26)10-8-14/h3-11,22H,12-13H2,1-2H3. The van der Waals surface area contributed by atoms with Gasteiger partial charge in [0.05, 0.1) is 16.3 Å². The molecule has 0 amide bonds. The molecule has 0 spiro atoms. The van der Waals surface area contributed by atoms with E-state index < -0.39 is 6.04 Å². The first kappa shape index (κ1) is 21.4. The van der Waals surface area contributed by atoms with Crippen molar-refractivity contribution in [1.29, 1.82) is 0 Å². The molecule has 3 aromatic rings. The molecule has 32 heavy (non-hydrogen) atoms. The molecule has 2 aliphatic rings. The summed E-state index contributed by atoms with van der Waals surface area (Å²) < 4.78 is 2.18. The molecule has 5 rings (SSSR count). The summed E-state index contributed by atoms with van der Waals surface area (Å²) >= 11 is 13.9. The molecule has 0 bridgehead atoms. The molecule has 162 valence electrons. The fourth-order valence-corrected chi connectivity index (χ4v) is 5.84. The fourth-order valence-electron chi connectivity index (χ4n) is 4.45. The predicted octanol–water partition coefficient (Wildman–Crippen LogP) is 4.91. The second kappa shape index (κ2) is 7.84. The molecular weight excluding hydrogens is 463 g/mol. The number of rotatable bonds is 2. The monoisotopic (exact) mass is 482 g/mol. The lowest BCUT2D eigenvalue weighted by atomic mass is 9.73. The highest BCUT2D eigenvalue weighted by atomic mass is 35.5. The zero-order valence-corrected chi connectivity index (χ0v) is 19.9. The van der Waals surface area contributed by atoms with Gasteiger partial charge >= 0.3 is 0 Å². The summed E-state index contributed by atoms with van der Waals surface area (Å²) in [7, 11) is 0. The van der Waals surface area contributed by atoms with Gasteiger partial charge in [-0.3, -0.25) is 14.2 Å². The van der Waals surface area contributed by atoms with E-state index in [1.165, 1.54) is 11.3 Å². The van der Waals surface area contributed by atoms with E-state index in [2.05, 4.69) is 13.8 Å². The summed E-state index contributed by atoms with van der Waals surface area (Å²) in [5.74, 6) is 0.0249. The number of halogens is 2. The molecule has 0 fully saturated rings. The number of ketones is 1. The molecule has 0 saturated carbocycles. The van der Waals surface area contributed by atoms with Gasteiger partial charge in [-0.1, -0.05) is 78.7 Å². The van der Waals surface area contributed by atoms with Crippen LogP contribution in [0, 0.1) is 5.41 Å². The molecule has 0 N–H and O–H groups in total. The molecule has 7 heteroatoms. The maximum Gasteiger partial charge on any atom is 0.271 e. The van der Waals surface area contributed by atoms with Crippen LogP contribution >= 0.6 is 34.5 Å². The lowest BCUT2D eigenvalue weighted by Crippen LogP contribution is -2.42. The Bertz CT molecular complexity index is 1460. The molecule has 1 atom stereocenters. The van der Waals surface area contributed by atoms with Crippen molar-refractivity contribution in [2.24, 2.45) is 10.4 Å². The van der Waals surface area contributed by atoms with Gasteiger partial charge in [0.2, 0.25) is 0 Å². The molecule has 0 radical (unpaired) electrons. The van der Waals surface area contributed by atoms with E-state index in [9.17, 15) is 9.59 Å². The summed E-state index contributed by atoms with van der Waals surface area (Å²) in [6.45, 7) is 4.15. The minimum atomic E-state index is -0.578. The maximum absolute atomic E-state index is 13.6. The van der Waals surface area contributed by atoms with Gasteiger partial charge in [0, 0.05) is 22.0 Å². The van der Waals surface area contributed by atoms with Crippen LogP contribution in [0.2, 0.25) is 10.0 Å². The summed E-state index contributed by atoms with van der Waals surface area (Å²) in [4.78, 5) is 32.3. The molecule has 2 heterocycles. The molecule has 1 unspecified atom stereocenters. The second-order valence-electron chi connectivity index (χ2n) is 8.96. The maximum atomic E-state index is 13.6. The Labute approximate surface area is 199 Å². The highest BCUT2D eigenvalue weighted by Gasteiger charge is 2.41. The summed E-state index contributed by atoms with van der Waals surface area (Å²) in [5.41, 5.74) is 2.59. The first-order chi connectivity index (χ1) is 15.2. The third-order valence-electron chi connectivity index (χ3n) is 5.86. The van der Waals surface area contributed by atoms with E-state index in [1.54, 1.807) is 22.8 Å². The van der Waals surface area contributed by atoms with Crippen molar-refractivity contribution in [2.45, 2.75) is 32.7 Å². The van der Waals surface area contributed by atoms with Crippen molar-refractivity contribution >= 4 is 46.4 Å². The SMILES string of the molecule is CC1(C)CC(=O)C2=C(C1)N=c1sc(=Cc3ccc(Cl)cc3)c(=O)n1C2c1ccccc1Cl. The van der Waals surface area contributed by atoms with Gasteiger partial charge < -0.3 is 0 Å². The number of nitrogens with zero attached hydrogens (tertiary/aromatic N) is 2. The third-order valence-corrected chi connectivity index (χ3v) is 7.44. The van der Waals surface area contributed by atoms with Crippen LogP contribution in [-0.2, 0) is 4.79 Å².